The van der Waals surface area contributed by atoms with E-state index in [1.165, 1.54) is 12.1 Å². The van der Waals surface area contributed by atoms with Gasteiger partial charge in [-0.3, -0.25) is 9.59 Å². The molecule has 136 valence electrons. The van der Waals surface area contributed by atoms with E-state index in [2.05, 4.69) is 16.0 Å². The molecule has 2 rings (SSSR count). The molecule has 0 aliphatic rings. The van der Waals surface area contributed by atoms with Gasteiger partial charge in [0.1, 0.15) is 5.82 Å². The van der Waals surface area contributed by atoms with Crippen molar-refractivity contribution >= 4 is 17.8 Å². The van der Waals surface area contributed by atoms with Crippen LogP contribution in [0.15, 0.2) is 48.5 Å². The Morgan fingerprint density at radius 1 is 0.808 bits per heavy atom. The number of benzene rings is 2. The number of nitrogens with one attached hydrogen (secondary N) is 3. The topological polar surface area (TPSA) is 113 Å². The second-order valence-electron chi connectivity index (χ2n) is 5.51. The molecule has 0 aliphatic heterocycles. The molecule has 0 bridgehead atoms. The van der Waals surface area contributed by atoms with Crippen molar-refractivity contribution in [1.29, 1.82) is 0 Å². The number of hydrogen-bond acceptors (Lipinski definition) is 3. The molecule has 0 atom stereocenters. The average molecular weight is 358 g/mol. The van der Waals surface area contributed by atoms with Gasteiger partial charge >= 0.3 is 6.03 Å². The van der Waals surface area contributed by atoms with Gasteiger partial charge in [0.05, 0.1) is 6.54 Å². The van der Waals surface area contributed by atoms with Gasteiger partial charge in [-0.2, -0.15) is 0 Å². The second kappa shape index (κ2) is 9.16. The van der Waals surface area contributed by atoms with Crippen molar-refractivity contribution in [3.05, 3.63) is 71.0 Å². The standard InChI is InChI=1S/C18H19FN4O3/c19-15-7-3-13(4-8-15)10-23-18(26)22-9-12-1-5-14(6-2-12)17(25)21-11-16(20)24/h1-8H,9-11H2,(H2,20,24)(H,21,25)(H2,22,23,26). The second-order valence-corrected chi connectivity index (χ2v) is 5.51. The van der Waals surface area contributed by atoms with Crippen LogP contribution in [0.2, 0.25) is 0 Å². The van der Waals surface area contributed by atoms with E-state index in [9.17, 15) is 18.8 Å². The van der Waals surface area contributed by atoms with Crippen LogP contribution in [0, 0.1) is 5.82 Å². The zero-order chi connectivity index (χ0) is 18.9. The Hall–Kier alpha value is -3.42. The number of primary amides is 1. The Kier molecular flexibility index (Phi) is 6.67. The normalized spacial score (nSPS) is 10.0. The minimum Gasteiger partial charge on any atom is -0.368 e. The molecule has 26 heavy (non-hydrogen) atoms. The maximum absolute atomic E-state index is 12.8. The Morgan fingerprint density at radius 2 is 1.31 bits per heavy atom. The van der Waals surface area contributed by atoms with Gasteiger partial charge in [0.15, 0.2) is 0 Å². The predicted octanol–water partition coefficient (Wildman–Crippen LogP) is 1.04. The lowest BCUT2D eigenvalue weighted by atomic mass is 10.1. The van der Waals surface area contributed by atoms with Crippen molar-refractivity contribution in [1.82, 2.24) is 16.0 Å². The highest BCUT2D eigenvalue weighted by Gasteiger charge is 2.07. The van der Waals surface area contributed by atoms with E-state index >= 15 is 0 Å². The summed E-state index contributed by atoms with van der Waals surface area (Å²) in [6, 6.07) is 12.0. The van der Waals surface area contributed by atoms with Crippen LogP contribution >= 0.6 is 0 Å². The number of halogens is 1. The van der Waals surface area contributed by atoms with Gasteiger partial charge in [-0.05, 0) is 35.4 Å². The SMILES string of the molecule is NC(=O)CNC(=O)c1ccc(CNC(=O)NCc2ccc(F)cc2)cc1. The zero-order valence-electron chi connectivity index (χ0n) is 13.9. The first kappa shape index (κ1) is 18.9. The van der Waals surface area contributed by atoms with Crippen LogP contribution in [-0.2, 0) is 17.9 Å². The molecule has 8 heteroatoms. The first-order valence-corrected chi connectivity index (χ1v) is 7.85. The Balaban J connectivity index is 1.76. The summed E-state index contributed by atoms with van der Waals surface area (Å²) in [5.74, 6) is -1.35. The van der Waals surface area contributed by atoms with Crippen molar-refractivity contribution in [2.45, 2.75) is 13.1 Å². The number of rotatable bonds is 7. The molecule has 0 aliphatic carbocycles. The van der Waals surface area contributed by atoms with Crippen LogP contribution in [0.25, 0.3) is 0 Å². The van der Waals surface area contributed by atoms with Crippen molar-refractivity contribution in [3.63, 3.8) is 0 Å². The van der Waals surface area contributed by atoms with Gasteiger partial charge in [-0.15, -0.1) is 0 Å². The number of amides is 4. The summed E-state index contributed by atoms with van der Waals surface area (Å²) in [6.45, 7) is 0.333. The van der Waals surface area contributed by atoms with E-state index < -0.39 is 11.8 Å². The van der Waals surface area contributed by atoms with E-state index in [0.29, 0.717) is 5.56 Å². The van der Waals surface area contributed by atoms with E-state index in [4.69, 9.17) is 5.73 Å². The summed E-state index contributed by atoms with van der Waals surface area (Å²) in [6.07, 6.45) is 0. The molecule has 7 nitrogen and oxygen atoms in total. The van der Waals surface area contributed by atoms with Crippen LogP contribution in [0.4, 0.5) is 9.18 Å². The Morgan fingerprint density at radius 3 is 1.81 bits per heavy atom. The van der Waals surface area contributed by atoms with Crippen LogP contribution in [0.3, 0.4) is 0 Å². The number of carbonyl (C=O) groups is 3. The third-order valence-electron chi connectivity index (χ3n) is 3.46. The van der Waals surface area contributed by atoms with Gasteiger partial charge < -0.3 is 21.7 Å². The average Bonchev–Trinajstić information content (AvgIpc) is 2.64. The lowest BCUT2D eigenvalue weighted by molar-refractivity contribution is -0.117. The van der Waals surface area contributed by atoms with E-state index in [1.54, 1.807) is 36.4 Å². The Bertz CT molecular complexity index is 776. The molecule has 0 unspecified atom stereocenters. The minimum atomic E-state index is -0.620. The maximum Gasteiger partial charge on any atom is 0.315 e. The molecule has 0 fully saturated rings. The third kappa shape index (κ3) is 6.23. The van der Waals surface area contributed by atoms with Gasteiger partial charge in [-0.1, -0.05) is 24.3 Å². The smallest absolute Gasteiger partial charge is 0.315 e. The number of carbonyl (C=O) groups excluding carboxylic acids is 3. The predicted molar refractivity (Wildman–Crippen MR) is 93.4 cm³/mol. The monoisotopic (exact) mass is 358 g/mol. The molecule has 0 spiro atoms. The van der Waals surface area contributed by atoms with Gasteiger partial charge in [-0.25, -0.2) is 9.18 Å². The molecule has 2 aromatic rings. The van der Waals surface area contributed by atoms with Gasteiger partial charge in [0.25, 0.3) is 5.91 Å². The fraction of sp³-hybridized carbons (Fsp3) is 0.167. The summed E-state index contributed by atoms with van der Waals surface area (Å²) < 4.78 is 12.8. The quantitative estimate of drug-likeness (QED) is 0.593. The van der Waals surface area contributed by atoms with Crippen LogP contribution in [-0.4, -0.2) is 24.4 Å². The largest absolute Gasteiger partial charge is 0.368 e. The third-order valence-corrected chi connectivity index (χ3v) is 3.46. The van der Waals surface area contributed by atoms with E-state index in [1.807, 2.05) is 0 Å². The van der Waals surface area contributed by atoms with Gasteiger partial charge in [0.2, 0.25) is 5.91 Å². The highest BCUT2D eigenvalue weighted by molar-refractivity contribution is 5.96. The van der Waals surface area contributed by atoms with E-state index in [-0.39, 0.29) is 31.5 Å². The van der Waals surface area contributed by atoms with Crippen LogP contribution < -0.4 is 21.7 Å². The molecule has 0 saturated heterocycles. The lowest BCUT2D eigenvalue weighted by Gasteiger charge is -2.09. The molecule has 2 aromatic carbocycles. The fourth-order valence-corrected chi connectivity index (χ4v) is 2.07. The summed E-state index contributed by atoms with van der Waals surface area (Å²) >= 11 is 0. The minimum absolute atomic E-state index is 0.226. The van der Waals surface area contributed by atoms with Crippen molar-refractivity contribution in [2.75, 3.05) is 6.54 Å². The molecule has 0 radical (unpaired) electrons. The van der Waals surface area contributed by atoms with Crippen LogP contribution in [0.1, 0.15) is 21.5 Å². The molecule has 0 aromatic heterocycles. The van der Waals surface area contributed by atoms with Crippen LogP contribution in [0.5, 0.6) is 0 Å². The summed E-state index contributed by atoms with van der Waals surface area (Å²) in [5.41, 5.74) is 6.93. The maximum atomic E-state index is 12.8. The Labute approximate surface area is 149 Å². The zero-order valence-corrected chi connectivity index (χ0v) is 13.9. The fourth-order valence-electron chi connectivity index (χ4n) is 2.07. The first-order chi connectivity index (χ1) is 12.4. The number of urea groups is 1. The van der Waals surface area contributed by atoms with Crippen molar-refractivity contribution < 1.29 is 18.8 Å². The van der Waals surface area contributed by atoms with Crippen molar-refractivity contribution in [3.8, 4) is 0 Å². The summed E-state index contributed by atoms with van der Waals surface area (Å²) in [5, 5.41) is 7.74. The summed E-state index contributed by atoms with van der Waals surface area (Å²) in [7, 11) is 0. The van der Waals surface area contributed by atoms with E-state index in [0.717, 1.165) is 11.1 Å². The highest BCUT2D eigenvalue weighted by atomic mass is 19.1. The summed E-state index contributed by atoms with van der Waals surface area (Å²) in [4.78, 5) is 34.2. The molecule has 4 amide bonds. The highest BCUT2D eigenvalue weighted by Crippen LogP contribution is 2.05. The molecule has 0 heterocycles. The number of hydrogen-bond donors (Lipinski definition) is 4. The molecule has 0 saturated carbocycles. The molecular formula is C18H19FN4O3. The van der Waals surface area contributed by atoms with Gasteiger partial charge in [0, 0.05) is 18.7 Å². The van der Waals surface area contributed by atoms with Crippen molar-refractivity contribution in [2.24, 2.45) is 5.73 Å². The molecular weight excluding hydrogens is 339 g/mol. The first-order valence-electron chi connectivity index (χ1n) is 7.85. The number of nitrogens with two attached hydrogens (primary N) is 1. The lowest BCUT2D eigenvalue weighted by Crippen LogP contribution is -2.34. The molecule has 5 N–H and O–H groups in total.